The Morgan fingerprint density at radius 1 is 1.53 bits per heavy atom. The lowest BCUT2D eigenvalue weighted by molar-refractivity contribution is -0.120. The Morgan fingerprint density at radius 3 is 2.82 bits per heavy atom. The molecule has 0 spiro atoms. The first-order valence-electron chi connectivity index (χ1n) is 5.34. The van der Waals surface area contributed by atoms with Crippen molar-refractivity contribution in [3.05, 3.63) is 33.4 Å². The second kappa shape index (κ2) is 8.72. The SMILES string of the molecule is CC(N)CCNC(=O)Cc1cccc(I)c1.Cl. The lowest BCUT2D eigenvalue weighted by atomic mass is 10.1. The first kappa shape index (κ1) is 16.7. The maximum Gasteiger partial charge on any atom is 0.224 e. The van der Waals surface area contributed by atoms with Gasteiger partial charge >= 0.3 is 0 Å². The van der Waals surface area contributed by atoms with Gasteiger partial charge in [0, 0.05) is 16.2 Å². The van der Waals surface area contributed by atoms with Crippen LogP contribution in [0.15, 0.2) is 24.3 Å². The van der Waals surface area contributed by atoms with Crippen LogP contribution in [-0.4, -0.2) is 18.5 Å². The number of benzene rings is 1. The van der Waals surface area contributed by atoms with Crippen molar-refractivity contribution in [1.29, 1.82) is 0 Å². The molecule has 0 bridgehead atoms. The number of halogens is 2. The van der Waals surface area contributed by atoms with Gasteiger partial charge in [-0.1, -0.05) is 12.1 Å². The van der Waals surface area contributed by atoms with Crippen molar-refractivity contribution in [2.75, 3.05) is 6.54 Å². The maximum atomic E-state index is 11.6. The van der Waals surface area contributed by atoms with Crippen molar-refractivity contribution in [2.24, 2.45) is 5.73 Å². The summed E-state index contributed by atoms with van der Waals surface area (Å²) in [5.41, 5.74) is 6.65. The van der Waals surface area contributed by atoms with Crippen LogP contribution in [-0.2, 0) is 11.2 Å². The van der Waals surface area contributed by atoms with Gasteiger partial charge in [0.25, 0.3) is 0 Å². The van der Waals surface area contributed by atoms with Crippen molar-refractivity contribution >= 4 is 40.9 Å². The van der Waals surface area contributed by atoms with E-state index >= 15 is 0 Å². The molecule has 0 aliphatic rings. The molecular formula is C12H18ClIN2O. The van der Waals surface area contributed by atoms with Crippen molar-refractivity contribution in [3.63, 3.8) is 0 Å². The average molecular weight is 369 g/mol. The van der Waals surface area contributed by atoms with E-state index in [-0.39, 0.29) is 24.4 Å². The fraction of sp³-hybridized carbons (Fsp3) is 0.417. The maximum absolute atomic E-state index is 11.6. The van der Waals surface area contributed by atoms with Crippen LogP contribution in [0.4, 0.5) is 0 Å². The molecule has 1 aromatic carbocycles. The van der Waals surface area contributed by atoms with Gasteiger partial charge in [0.1, 0.15) is 0 Å². The number of carbonyl (C=O) groups is 1. The highest BCUT2D eigenvalue weighted by Gasteiger charge is 2.03. The first-order chi connectivity index (χ1) is 7.58. The number of amides is 1. The van der Waals surface area contributed by atoms with Crippen LogP contribution in [0.2, 0.25) is 0 Å². The molecular weight excluding hydrogens is 351 g/mol. The highest BCUT2D eigenvalue weighted by molar-refractivity contribution is 14.1. The number of nitrogens with one attached hydrogen (secondary N) is 1. The van der Waals surface area contributed by atoms with E-state index in [1.54, 1.807) is 0 Å². The Hall–Kier alpha value is -0.330. The molecule has 17 heavy (non-hydrogen) atoms. The Bertz CT molecular complexity index is 358. The number of carbonyl (C=O) groups excluding carboxylic acids is 1. The van der Waals surface area contributed by atoms with Crippen molar-refractivity contribution in [2.45, 2.75) is 25.8 Å². The molecule has 0 fully saturated rings. The van der Waals surface area contributed by atoms with Crippen molar-refractivity contribution in [3.8, 4) is 0 Å². The molecule has 96 valence electrons. The lowest BCUT2D eigenvalue weighted by Crippen LogP contribution is -2.30. The molecule has 0 aliphatic heterocycles. The van der Waals surface area contributed by atoms with Gasteiger partial charge in [-0.25, -0.2) is 0 Å². The molecule has 0 saturated heterocycles. The van der Waals surface area contributed by atoms with Crippen LogP contribution >= 0.6 is 35.0 Å². The van der Waals surface area contributed by atoms with E-state index in [4.69, 9.17) is 5.73 Å². The Kier molecular flexibility index (Phi) is 8.55. The first-order valence-corrected chi connectivity index (χ1v) is 6.42. The molecule has 1 amide bonds. The van der Waals surface area contributed by atoms with Gasteiger partial charge in [-0.15, -0.1) is 12.4 Å². The summed E-state index contributed by atoms with van der Waals surface area (Å²) in [5.74, 6) is 0.0580. The molecule has 3 nitrogen and oxygen atoms in total. The fourth-order valence-corrected chi connectivity index (χ4v) is 1.94. The summed E-state index contributed by atoms with van der Waals surface area (Å²) < 4.78 is 1.15. The normalized spacial score (nSPS) is 11.5. The molecule has 0 heterocycles. The van der Waals surface area contributed by atoms with Crippen molar-refractivity contribution < 1.29 is 4.79 Å². The zero-order valence-electron chi connectivity index (χ0n) is 9.78. The largest absolute Gasteiger partial charge is 0.356 e. The predicted octanol–water partition coefficient (Wildman–Crippen LogP) is 2.11. The van der Waals surface area contributed by atoms with E-state index in [9.17, 15) is 4.79 Å². The lowest BCUT2D eigenvalue weighted by Gasteiger charge is -2.07. The number of hydrogen-bond donors (Lipinski definition) is 2. The van der Waals surface area contributed by atoms with Gasteiger partial charge in [0.05, 0.1) is 6.42 Å². The molecule has 0 aromatic heterocycles. The third-order valence-corrected chi connectivity index (χ3v) is 2.85. The summed E-state index contributed by atoms with van der Waals surface area (Å²) in [7, 11) is 0. The summed E-state index contributed by atoms with van der Waals surface area (Å²) in [6, 6.07) is 8.10. The minimum absolute atomic E-state index is 0. The van der Waals surface area contributed by atoms with Gasteiger partial charge in [0.2, 0.25) is 5.91 Å². The van der Waals surface area contributed by atoms with Gasteiger partial charge in [0.15, 0.2) is 0 Å². The zero-order valence-corrected chi connectivity index (χ0v) is 12.8. The van der Waals surface area contributed by atoms with Gasteiger partial charge in [-0.3, -0.25) is 4.79 Å². The van der Waals surface area contributed by atoms with Crippen LogP contribution in [0, 0.1) is 3.57 Å². The summed E-state index contributed by atoms with van der Waals surface area (Å²) in [4.78, 5) is 11.6. The van der Waals surface area contributed by atoms with E-state index in [0.29, 0.717) is 13.0 Å². The zero-order chi connectivity index (χ0) is 12.0. The standard InChI is InChI=1S/C12H17IN2O.ClH/c1-9(14)5-6-15-12(16)8-10-3-2-4-11(13)7-10;/h2-4,7,9H,5-6,8,14H2,1H3,(H,15,16);1H. The van der Waals surface area contributed by atoms with E-state index in [1.165, 1.54) is 0 Å². The summed E-state index contributed by atoms with van der Waals surface area (Å²) in [6.45, 7) is 2.59. The molecule has 1 unspecified atom stereocenters. The second-order valence-corrected chi connectivity index (χ2v) is 5.17. The van der Waals surface area contributed by atoms with E-state index < -0.39 is 0 Å². The minimum atomic E-state index is 0. The number of hydrogen-bond acceptors (Lipinski definition) is 2. The molecule has 1 aromatic rings. The van der Waals surface area contributed by atoms with Crippen molar-refractivity contribution in [1.82, 2.24) is 5.32 Å². The van der Waals surface area contributed by atoms with Crippen LogP contribution in [0.1, 0.15) is 18.9 Å². The molecule has 5 heteroatoms. The molecule has 0 aliphatic carbocycles. The summed E-state index contributed by atoms with van der Waals surface area (Å²) in [5, 5.41) is 2.86. The van der Waals surface area contributed by atoms with Crippen LogP contribution < -0.4 is 11.1 Å². The fourth-order valence-electron chi connectivity index (χ4n) is 1.33. The Morgan fingerprint density at radius 2 is 2.24 bits per heavy atom. The van der Waals surface area contributed by atoms with Gasteiger partial charge < -0.3 is 11.1 Å². The summed E-state index contributed by atoms with van der Waals surface area (Å²) >= 11 is 2.24. The van der Waals surface area contributed by atoms with Gasteiger partial charge in [-0.2, -0.15) is 0 Å². The Balaban J connectivity index is 0.00000256. The van der Waals surface area contributed by atoms with E-state index in [2.05, 4.69) is 27.9 Å². The predicted molar refractivity (Wildman–Crippen MR) is 81.4 cm³/mol. The topological polar surface area (TPSA) is 55.1 Å². The van der Waals surface area contributed by atoms with Crippen LogP contribution in [0.25, 0.3) is 0 Å². The third kappa shape index (κ3) is 7.57. The second-order valence-electron chi connectivity index (χ2n) is 3.92. The molecule has 1 atom stereocenters. The molecule has 1 rings (SSSR count). The number of nitrogens with two attached hydrogens (primary N) is 1. The molecule has 0 radical (unpaired) electrons. The highest BCUT2D eigenvalue weighted by Crippen LogP contribution is 2.08. The highest BCUT2D eigenvalue weighted by atomic mass is 127. The number of rotatable bonds is 5. The van der Waals surface area contributed by atoms with Gasteiger partial charge in [-0.05, 0) is 53.6 Å². The molecule has 0 saturated carbocycles. The molecule has 3 N–H and O–H groups in total. The summed E-state index contributed by atoms with van der Waals surface area (Å²) in [6.07, 6.45) is 1.26. The smallest absolute Gasteiger partial charge is 0.224 e. The van der Waals surface area contributed by atoms with E-state index in [1.807, 2.05) is 31.2 Å². The minimum Gasteiger partial charge on any atom is -0.356 e. The quantitative estimate of drug-likeness (QED) is 0.782. The Labute approximate surface area is 122 Å². The third-order valence-electron chi connectivity index (χ3n) is 2.18. The average Bonchev–Trinajstić information content (AvgIpc) is 2.16. The van der Waals surface area contributed by atoms with Crippen LogP contribution in [0.5, 0.6) is 0 Å². The monoisotopic (exact) mass is 368 g/mol. The van der Waals surface area contributed by atoms with E-state index in [0.717, 1.165) is 15.6 Å². The van der Waals surface area contributed by atoms with Crippen LogP contribution in [0.3, 0.4) is 0 Å².